The Bertz CT molecular complexity index is 942. The van der Waals surface area contributed by atoms with E-state index in [2.05, 4.69) is 26.5 Å². The van der Waals surface area contributed by atoms with E-state index in [1.807, 2.05) is 44.2 Å². The first-order chi connectivity index (χ1) is 12.2. The van der Waals surface area contributed by atoms with Crippen molar-refractivity contribution in [3.8, 4) is 0 Å². The molecule has 138 valence electrons. The molecule has 0 unspecified atom stereocenters. The molecule has 0 bridgehead atoms. The minimum Gasteiger partial charge on any atom is -0.271 e. The quantitative estimate of drug-likeness (QED) is 0.557. The zero-order valence-corrected chi connectivity index (χ0v) is 17.1. The van der Waals surface area contributed by atoms with Crippen molar-refractivity contribution in [2.75, 3.05) is 17.1 Å². The van der Waals surface area contributed by atoms with E-state index in [0.29, 0.717) is 5.69 Å². The highest BCUT2D eigenvalue weighted by atomic mass is 79.9. The van der Waals surface area contributed by atoms with Crippen molar-refractivity contribution in [1.29, 1.82) is 0 Å². The first-order valence-corrected chi connectivity index (χ1v) is 10.4. The summed E-state index contributed by atoms with van der Waals surface area (Å²) in [7, 11) is -3.62. The van der Waals surface area contributed by atoms with Crippen LogP contribution < -0.4 is 9.73 Å². The summed E-state index contributed by atoms with van der Waals surface area (Å²) < 4.78 is 26.3. The van der Waals surface area contributed by atoms with Gasteiger partial charge in [-0.1, -0.05) is 40.2 Å². The van der Waals surface area contributed by atoms with Crippen molar-refractivity contribution in [2.24, 2.45) is 5.10 Å². The van der Waals surface area contributed by atoms with E-state index in [1.54, 1.807) is 12.1 Å². The number of amides is 1. The summed E-state index contributed by atoms with van der Waals surface area (Å²) in [5.74, 6) is -0.525. The number of nitrogens with zero attached hydrogens (tertiary/aromatic N) is 2. The van der Waals surface area contributed by atoms with E-state index >= 15 is 0 Å². The average Bonchev–Trinajstić information content (AvgIpc) is 2.55. The van der Waals surface area contributed by atoms with Gasteiger partial charge in [0.1, 0.15) is 6.54 Å². The second kappa shape index (κ2) is 8.46. The van der Waals surface area contributed by atoms with Crippen molar-refractivity contribution in [1.82, 2.24) is 5.43 Å². The molecule has 1 amide bonds. The number of benzene rings is 2. The molecular weight excluding hydrogens is 418 g/mol. The Hall–Kier alpha value is -2.19. The number of hydrogen-bond donors (Lipinski definition) is 1. The number of nitrogens with one attached hydrogen (secondary N) is 1. The maximum atomic E-state index is 12.2. The number of carbonyl (C=O) groups is 1. The highest BCUT2D eigenvalue weighted by Crippen LogP contribution is 2.24. The van der Waals surface area contributed by atoms with Crippen LogP contribution in [-0.2, 0) is 14.8 Å². The lowest BCUT2D eigenvalue weighted by Gasteiger charge is -2.23. The molecule has 0 atom stereocenters. The van der Waals surface area contributed by atoms with Gasteiger partial charge in [-0.3, -0.25) is 9.10 Å². The lowest BCUT2D eigenvalue weighted by atomic mass is 10.1. The van der Waals surface area contributed by atoms with Crippen LogP contribution in [0.2, 0.25) is 0 Å². The Kier molecular flexibility index (Phi) is 6.55. The van der Waals surface area contributed by atoms with Crippen LogP contribution in [0.4, 0.5) is 5.69 Å². The first-order valence-electron chi connectivity index (χ1n) is 7.80. The maximum Gasteiger partial charge on any atom is 0.260 e. The number of halogens is 1. The smallest absolute Gasteiger partial charge is 0.260 e. The van der Waals surface area contributed by atoms with Crippen LogP contribution in [-0.4, -0.2) is 33.3 Å². The van der Waals surface area contributed by atoms with Gasteiger partial charge in [-0.25, -0.2) is 13.8 Å². The van der Waals surface area contributed by atoms with Gasteiger partial charge in [0.2, 0.25) is 10.0 Å². The number of sulfonamides is 1. The SMILES string of the molecule is Cc1cccc(N(CC(=O)N/N=C/c2cccc(Br)c2)S(C)(=O)=O)c1C. The van der Waals surface area contributed by atoms with Crippen molar-refractivity contribution >= 4 is 43.8 Å². The summed E-state index contributed by atoms with van der Waals surface area (Å²) in [6.45, 7) is 3.37. The zero-order chi connectivity index (χ0) is 19.3. The van der Waals surface area contributed by atoms with Gasteiger partial charge in [-0.05, 0) is 48.7 Å². The normalized spacial score (nSPS) is 11.5. The van der Waals surface area contributed by atoms with Gasteiger partial charge in [0.05, 0.1) is 18.2 Å². The summed E-state index contributed by atoms with van der Waals surface area (Å²) in [6.07, 6.45) is 2.57. The molecule has 0 saturated carbocycles. The standard InChI is InChI=1S/C18H20BrN3O3S/c1-13-6-4-9-17(14(13)2)22(26(3,24)25)12-18(23)21-20-11-15-7-5-8-16(19)10-15/h4-11H,12H2,1-3H3,(H,21,23)/b20-11+. The van der Waals surface area contributed by atoms with Gasteiger partial charge in [-0.15, -0.1) is 0 Å². The predicted octanol–water partition coefficient (Wildman–Crippen LogP) is 2.98. The summed E-state index contributed by atoms with van der Waals surface area (Å²) in [4.78, 5) is 12.2. The molecule has 2 aromatic rings. The lowest BCUT2D eigenvalue weighted by Crippen LogP contribution is -2.39. The Morgan fingerprint density at radius 2 is 1.92 bits per heavy atom. The molecule has 0 spiro atoms. The van der Waals surface area contributed by atoms with Crippen molar-refractivity contribution in [2.45, 2.75) is 13.8 Å². The molecule has 1 N–H and O–H groups in total. The molecule has 0 aromatic heterocycles. The molecule has 2 aromatic carbocycles. The van der Waals surface area contributed by atoms with E-state index in [4.69, 9.17) is 0 Å². The number of anilines is 1. The van der Waals surface area contributed by atoms with Crippen LogP contribution in [0.3, 0.4) is 0 Å². The summed E-state index contributed by atoms with van der Waals surface area (Å²) >= 11 is 3.35. The Morgan fingerprint density at radius 1 is 1.23 bits per heavy atom. The number of aryl methyl sites for hydroxylation is 1. The molecule has 0 aliphatic heterocycles. The van der Waals surface area contributed by atoms with E-state index in [-0.39, 0.29) is 6.54 Å². The fourth-order valence-electron chi connectivity index (χ4n) is 2.32. The molecule has 26 heavy (non-hydrogen) atoms. The fourth-order valence-corrected chi connectivity index (χ4v) is 3.64. The molecule has 0 aliphatic carbocycles. The highest BCUT2D eigenvalue weighted by molar-refractivity contribution is 9.10. The molecule has 0 saturated heterocycles. The largest absolute Gasteiger partial charge is 0.271 e. The van der Waals surface area contributed by atoms with Crippen molar-refractivity contribution in [3.63, 3.8) is 0 Å². The van der Waals surface area contributed by atoms with E-state index < -0.39 is 15.9 Å². The molecular formula is C18H20BrN3O3S. The fraction of sp³-hybridized carbons (Fsp3) is 0.222. The topological polar surface area (TPSA) is 78.8 Å². The summed E-state index contributed by atoms with van der Waals surface area (Å²) in [6, 6.07) is 12.7. The van der Waals surface area contributed by atoms with Gasteiger partial charge >= 0.3 is 0 Å². The Balaban J connectivity index is 2.14. The average molecular weight is 438 g/mol. The zero-order valence-electron chi connectivity index (χ0n) is 14.7. The molecule has 0 fully saturated rings. The molecule has 6 nitrogen and oxygen atoms in total. The third-order valence-electron chi connectivity index (χ3n) is 3.78. The van der Waals surface area contributed by atoms with E-state index in [9.17, 15) is 13.2 Å². The van der Waals surface area contributed by atoms with Gasteiger partial charge in [0.15, 0.2) is 0 Å². The molecule has 0 heterocycles. The summed E-state index contributed by atoms with van der Waals surface area (Å²) in [5.41, 5.74) is 5.41. The van der Waals surface area contributed by atoms with Crippen molar-refractivity contribution < 1.29 is 13.2 Å². The third kappa shape index (κ3) is 5.40. The molecule has 0 aliphatic rings. The number of carbonyl (C=O) groups excluding carboxylic acids is 1. The van der Waals surface area contributed by atoms with Crippen LogP contribution in [0.25, 0.3) is 0 Å². The van der Waals surface area contributed by atoms with Crippen LogP contribution in [0.5, 0.6) is 0 Å². The monoisotopic (exact) mass is 437 g/mol. The second-order valence-electron chi connectivity index (χ2n) is 5.84. The number of hydrogen-bond acceptors (Lipinski definition) is 4. The van der Waals surface area contributed by atoms with Crippen LogP contribution in [0.1, 0.15) is 16.7 Å². The summed E-state index contributed by atoms with van der Waals surface area (Å²) in [5, 5.41) is 3.88. The van der Waals surface area contributed by atoms with Crippen LogP contribution in [0, 0.1) is 13.8 Å². The lowest BCUT2D eigenvalue weighted by molar-refractivity contribution is -0.119. The van der Waals surface area contributed by atoms with Crippen LogP contribution >= 0.6 is 15.9 Å². The second-order valence-corrected chi connectivity index (χ2v) is 8.66. The minimum absolute atomic E-state index is 0.348. The Morgan fingerprint density at radius 3 is 2.58 bits per heavy atom. The van der Waals surface area contributed by atoms with Gasteiger partial charge in [-0.2, -0.15) is 5.10 Å². The highest BCUT2D eigenvalue weighted by Gasteiger charge is 2.22. The van der Waals surface area contributed by atoms with Gasteiger partial charge in [0, 0.05) is 4.47 Å². The maximum absolute atomic E-state index is 12.2. The molecule has 0 radical (unpaired) electrons. The molecule has 8 heteroatoms. The number of hydrazone groups is 1. The van der Waals surface area contributed by atoms with E-state index in [1.165, 1.54) is 6.21 Å². The van der Waals surface area contributed by atoms with E-state index in [0.717, 1.165) is 31.7 Å². The number of rotatable bonds is 6. The third-order valence-corrected chi connectivity index (χ3v) is 5.40. The van der Waals surface area contributed by atoms with Crippen molar-refractivity contribution in [3.05, 3.63) is 63.6 Å². The van der Waals surface area contributed by atoms with Crippen LogP contribution in [0.15, 0.2) is 52.0 Å². The van der Waals surface area contributed by atoms with Gasteiger partial charge < -0.3 is 0 Å². The molecule has 2 rings (SSSR count). The predicted molar refractivity (Wildman–Crippen MR) is 108 cm³/mol. The first kappa shape index (κ1) is 20.1. The Labute approximate surface area is 162 Å². The van der Waals surface area contributed by atoms with Gasteiger partial charge in [0.25, 0.3) is 5.91 Å². The minimum atomic E-state index is -3.62.